The molecule has 3 aromatic carbocycles. The highest BCUT2D eigenvalue weighted by atomic mass is 32.1. The third-order valence-electron chi connectivity index (χ3n) is 6.10. The Hall–Kier alpha value is -3.91. The Labute approximate surface area is 207 Å². The van der Waals surface area contributed by atoms with Crippen LogP contribution >= 0.6 is 11.3 Å². The van der Waals surface area contributed by atoms with Crippen LogP contribution < -0.4 is 15.8 Å². The maximum Gasteiger partial charge on any atom is 0.312 e. The number of carbonyl (C=O) groups is 2. The van der Waals surface area contributed by atoms with E-state index in [4.69, 9.17) is 15.5 Å². The van der Waals surface area contributed by atoms with E-state index in [1.54, 1.807) is 11.3 Å². The van der Waals surface area contributed by atoms with Crippen molar-refractivity contribution in [2.45, 2.75) is 31.3 Å². The molecule has 1 saturated heterocycles. The Kier molecular flexibility index (Phi) is 6.63. The molecular weight excluding hydrogens is 460 g/mol. The summed E-state index contributed by atoms with van der Waals surface area (Å²) in [5.41, 5.74) is 7.17. The zero-order chi connectivity index (χ0) is 24.2. The Morgan fingerprint density at radius 1 is 1.06 bits per heavy atom. The van der Waals surface area contributed by atoms with Crippen molar-refractivity contribution in [1.82, 2.24) is 15.2 Å². The van der Waals surface area contributed by atoms with Crippen molar-refractivity contribution in [2.75, 3.05) is 6.54 Å². The van der Waals surface area contributed by atoms with E-state index in [2.05, 4.69) is 11.4 Å². The summed E-state index contributed by atoms with van der Waals surface area (Å²) >= 11 is 1.63. The van der Waals surface area contributed by atoms with Gasteiger partial charge in [0.05, 0.1) is 28.7 Å². The lowest BCUT2D eigenvalue weighted by Gasteiger charge is -2.26. The summed E-state index contributed by atoms with van der Waals surface area (Å²) in [5.74, 6) is 1.28. The first-order valence-corrected chi connectivity index (χ1v) is 12.4. The first-order chi connectivity index (χ1) is 17.1. The van der Waals surface area contributed by atoms with Crippen molar-refractivity contribution in [3.05, 3.63) is 89.4 Å². The van der Waals surface area contributed by atoms with E-state index in [-0.39, 0.29) is 18.4 Å². The van der Waals surface area contributed by atoms with Crippen LogP contribution in [0.5, 0.6) is 11.5 Å². The number of primary amides is 1. The average Bonchev–Trinajstić information content (AvgIpc) is 3.51. The van der Waals surface area contributed by atoms with Gasteiger partial charge in [-0.15, -0.1) is 11.3 Å². The second-order valence-electron chi connectivity index (χ2n) is 8.52. The lowest BCUT2D eigenvalue weighted by Crippen LogP contribution is -2.38. The van der Waals surface area contributed by atoms with Gasteiger partial charge in [-0.25, -0.2) is 9.78 Å². The number of thiazole rings is 1. The predicted molar refractivity (Wildman–Crippen MR) is 136 cm³/mol. The number of nitrogens with two attached hydrogens (primary N) is 1. The molecule has 4 aromatic rings. The van der Waals surface area contributed by atoms with Crippen LogP contribution in [0.2, 0.25) is 0 Å². The molecule has 2 heterocycles. The van der Waals surface area contributed by atoms with Gasteiger partial charge in [0.1, 0.15) is 16.5 Å². The Morgan fingerprint density at radius 3 is 2.63 bits per heavy atom. The van der Waals surface area contributed by atoms with Gasteiger partial charge in [0.25, 0.3) is 0 Å². The number of amides is 3. The third-order valence-corrected chi connectivity index (χ3v) is 7.24. The van der Waals surface area contributed by atoms with Gasteiger partial charge < -0.3 is 20.7 Å². The number of urea groups is 1. The molecule has 2 atom stereocenters. The lowest BCUT2D eigenvalue weighted by atomic mass is 10.0. The summed E-state index contributed by atoms with van der Waals surface area (Å²) in [6.45, 7) is 0.667. The molecule has 2 unspecified atom stereocenters. The van der Waals surface area contributed by atoms with Crippen molar-refractivity contribution in [1.29, 1.82) is 0 Å². The summed E-state index contributed by atoms with van der Waals surface area (Å²) < 4.78 is 7.05. The fourth-order valence-electron chi connectivity index (χ4n) is 4.49. The molecule has 0 spiro atoms. The number of hydrogen-bond donors (Lipinski definition) is 2. The van der Waals surface area contributed by atoms with E-state index >= 15 is 0 Å². The molecule has 7 nitrogen and oxygen atoms in total. The molecule has 1 aliphatic rings. The topological polar surface area (TPSA) is 97.5 Å². The number of hydrogen-bond acceptors (Lipinski definition) is 5. The molecule has 3 N–H and O–H groups in total. The molecule has 5 rings (SSSR count). The number of fused-ring (bicyclic) bond motifs is 1. The number of para-hydroxylation sites is 2. The standard InChI is InChI=1S/C27H26N4O3S/c28-27(33)30-22(18-8-6-11-20(16-18)34-19-9-2-1-3-10-19)17-25(32)31-15-7-13-23(31)26-29-21-12-4-5-14-24(21)35-26/h1-6,8-12,14,16,22-23H,7,13,15,17H2,(H3,28,30,33). The number of carbonyl (C=O) groups excluding carboxylic acids is 2. The van der Waals surface area contributed by atoms with Crippen molar-refractivity contribution < 1.29 is 14.3 Å². The van der Waals surface area contributed by atoms with Gasteiger partial charge >= 0.3 is 6.03 Å². The Bertz CT molecular complexity index is 1310. The number of ether oxygens (including phenoxy) is 1. The zero-order valence-electron chi connectivity index (χ0n) is 19.1. The second kappa shape index (κ2) is 10.1. The summed E-state index contributed by atoms with van der Waals surface area (Å²) in [7, 11) is 0. The van der Waals surface area contributed by atoms with Crippen molar-refractivity contribution >= 4 is 33.5 Å². The van der Waals surface area contributed by atoms with Gasteiger partial charge in [-0.05, 0) is 54.8 Å². The maximum atomic E-state index is 13.5. The number of rotatable bonds is 7. The fraction of sp³-hybridized carbons (Fsp3) is 0.222. The normalized spacial score (nSPS) is 16.2. The summed E-state index contributed by atoms with van der Waals surface area (Å²) in [6.07, 6.45) is 1.89. The van der Waals surface area contributed by atoms with E-state index in [1.807, 2.05) is 77.7 Å². The summed E-state index contributed by atoms with van der Waals surface area (Å²) in [6, 6.07) is 23.5. The van der Waals surface area contributed by atoms with Crippen LogP contribution in [0.3, 0.4) is 0 Å². The Morgan fingerprint density at radius 2 is 1.83 bits per heavy atom. The quantitative estimate of drug-likeness (QED) is 0.358. The van der Waals surface area contributed by atoms with Crippen LogP contribution in [0.4, 0.5) is 4.79 Å². The molecule has 0 aliphatic carbocycles. The van der Waals surface area contributed by atoms with Gasteiger partial charge in [0.15, 0.2) is 0 Å². The van der Waals surface area contributed by atoms with Gasteiger partial charge in [-0.3, -0.25) is 4.79 Å². The molecule has 1 fully saturated rings. The highest BCUT2D eigenvalue weighted by Crippen LogP contribution is 2.37. The van der Waals surface area contributed by atoms with Crippen LogP contribution in [0.25, 0.3) is 10.2 Å². The monoisotopic (exact) mass is 486 g/mol. The summed E-state index contributed by atoms with van der Waals surface area (Å²) in [5, 5.41) is 3.69. The minimum absolute atomic E-state index is 0.0418. The summed E-state index contributed by atoms with van der Waals surface area (Å²) in [4.78, 5) is 31.9. The highest BCUT2D eigenvalue weighted by molar-refractivity contribution is 7.18. The molecule has 8 heteroatoms. The predicted octanol–water partition coefficient (Wildman–Crippen LogP) is 5.55. The molecule has 1 aliphatic heterocycles. The number of benzene rings is 3. The molecule has 3 amide bonds. The van der Waals surface area contributed by atoms with Crippen LogP contribution in [-0.4, -0.2) is 28.4 Å². The SMILES string of the molecule is NC(=O)NC(CC(=O)N1CCCC1c1nc2ccccc2s1)c1cccc(Oc2ccccc2)c1. The van der Waals surface area contributed by atoms with Crippen LogP contribution in [0.1, 0.15) is 41.9 Å². The lowest BCUT2D eigenvalue weighted by molar-refractivity contribution is -0.132. The smallest absolute Gasteiger partial charge is 0.312 e. The van der Waals surface area contributed by atoms with E-state index in [0.29, 0.717) is 18.0 Å². The van der Waals surface area contributed by atoms with E-state index in [9.17, 15) is 9.59 Å². The van der Waals surface area contributed by atoms with Gasteiger partial charge in [-0.2, -0.15) is 0 Å². The molecule has 0 radical (unpaired) electrons. The minimum Gasteiger partial charge on any atom is -0.457 e. The van der Waals surface area contributed by atoms with Crippen molar-refractivity contribution in [3.8, 4) is 11.5 Å². The fourth-order valence-corrected chi connectivity index (χ4v) is 5.61. The van der Waals surface area contributed by atoms with Gasteiger partial charge in [0.2, 0.25) is 5.91 Å². The second-order valence-corrected chi connectivity index (χ2v) is 9.58. The van der Waals surface area contributed by atoms with Gasteiger partial charge in [-0.1, -0.05) is 42.5 Å². The van der Waals surface area contributed by atoms with Gasteiger partial charge in [0, 0.05) is 6.54 Å². The Balaban J connectivity index is 1.35. The van der Waals surface area contributed by atoms with E-state index < -0.39 is 12.1 Å². The minimum atomic E-state index is -0.679. The molecular formula is C27H26N4O3S. The van der Waals surface area contributed by atoms with Crippen LogP contribution in [0.15, 0.2) is 78.9 Å². The first-order valence-electron chi connectivity index (χ1n) is 11.6. The largest absolute Gasteiger partial charge is 0.457 e. The van der Waals surface area contributed by atoms with Crippen molar-refractivity contribution in [2.24, 2.45) is 5.73 Å². The molecule has 0 bridgehead atoms. The third kappa shape index (κ3) is 5.27. The van der Waals surface area contributed by atoms with Crippen LogP contribution in [-0.2, 0) is 4.79 Å². The zero-order valence-corrected chi connectivity index (χ0v) is 19.9. The van der Waals surface area contributed by atoms with E-state index in [1.165, 1.54) is 0 Å². The molecule has 1 aromatic heterocycles. The maximum absolute atomic E-state index is 13.5. The molecule has 0 saturated carbocycles. The molecule has 178 valence electrons. The first kappa shape index (κ1) is 22.9. The van der Waals surface area contributed by atoms with Crippen LogP contribution in [0, 0.1) is 0 Å². The number of aromatic nitrogens is 1. The molecule has 35 heavy (non-hydrogen) atoms. The average molecular weight is 487 g/mol. The number of nitrogens with zero attached hydrogens (tertiary/aromatic N) is 2. The van der Waals surface area contributed by atoms with Crippen molar-refractivity contribution in [3.63, 3.8) is 0 Å². The van der Waals surface area contributed by atoms with E-state index in [0.717, 1.165) is 33.6 Å². The number of likely N-dealkylation sites (tertiary alicyclic amines) is 1. The number of nitrogens with one attached hydrogen (secondary N) is 1. The highest BCUT2D eigenvalue weighted by Gasteiger charge is 2.33.